The van der Waals surface area contributed by atoms with Crippen LogP contribution >= 0.6 is 12.4 Å². The fourth-order valence-corrected chi connectivity index (χ4v) is 4.74. The molecule has 4 rings (SSSR count). The van der Waals surface area contributed by atoms with Crippen molar-refractivity contribution in [3.63, 3.8) is 0 Å². The molecule has 1 N–H and O–H groups in total. The Bertz CT molecular complexity index is 762. The molecular formula is C23H28ClF3N2. The van der Waals surface area contributed by atoms with Gasteiger partial charge in [-0.15, -0.1) is 12.4 Å². The van der Waals surface area contributed by atoms with Crippen LogP contribution in [0, 0.1) is 5.92 Å². The van der Waals surface area contributed by atoms with E-state index in [4.69, 9.17) is 0 Å². The summed E-state index contributed by atoms with van der Waals surface area (Å²) in [6.07, 6.45) is 0.915. The Morgan fingerprint density at radius 2 is 1.34 bits per heavy atom. The minimum atomic E-state index is -4.29. The van der Waals surface area contributed by atoms with E-state index in [0.717, 1.165) is 49.4 Å². The lowest BCUT2D eigenvalue weighted by molar-refractivity contribution is -0.137. The van der Waals surface area contributed by atoms with Gasteiger partial charge in [-0.1, -0.05) is 49.2 Å². The zero-order valence-corrected chi connectivity index (χ0v) is 17.2. The number of hydrogen-bond donors (Lipinski definition) is 1. The SMILES string of the molecule is Cl.FC(F)(F)c1ccc(-c2ccc([C@H](C3CCCC3)N3CCNCC3)cc2)cc1. The van der Waals surface area contributed by atoms with Gasteiger partial charge in [0, 0.05) is 32.2 Å². The predicted octanol–water partition coefficient (Wildman–Crippen LogP) is 5.93. The second-order valence-electron chi connectivity index (χ2n) is 7.97. The van der Waals surface area contributed by atoms with Crippen LogP contribution in [0.4, 0.5) is 13.2 Å². The molecule has 0 amide bonds. The van der Waals surface area contributed by atoms with E-state index in [0.29, 0.717) is 12.0 Å². The lowest BCUT2D eigenvalue weighted by Gasteiger charge is -2.38. The molecule has 1 heterocycles. The van der Waals surface area contributed by atoms with Gasteiger partial charge in [-0.3, -0.25) is 4.90 Å². The highest BCUT2D eigenvalue weighted by Crippen LogP contribution is 2.40. The molecule has 2 aromatic rings. The highest BCUT2D eigenvalue weighted by molar-refractivity contribution is 5.85. The Kier molecular flexibility index (Phi) is 7.25. The summed E-state index contributed by atoms with van der Waals surface area (Å²) in [5, 5.41) is 3.44. The third-order valence-corrected chi connectivity index (χ3v) is 6.19. The van der Waals surface area contributed by atoms with Gasteiger partial charge in [0.1, 0.15) is 0 Å². The van der Waals surface area contributed by atoms with E-state index in [1.165, 1.54) is 31.2 Å². The van der Waals surface area contributed by atoms with E-state index in [1.54, 1.807) is 12.1 Å². The van der Waals surface area contributed by atoms with Crippen molar-refractivity contribution in [2.24, 2.45) is 5.92 Å². The van der Waals surface area contributed by atoms with Gasteiger partial charge in [0.15, 0.2) is 0 Å². The summed E-state index contributed by atoms with van der Waals surface area (Å²) in [6, 6.07) is 14.4. The normalized spacial score (nSPS) is 19.7. The van der Waals surface area contributed by atoms with Crippen molar-refractivity contribution < 1.29 is 13.2 Å². The molecule has 2 aliphatic rings. The van der Waals surface area contributed by atoms with Crippen molar-refractivity contribution in [1.29, 1.82) is 0 Å². The van der Waals surface area contributed by atoms with Crippen molar-refractivity contribution >= 4 is 12.4 Å². The second kappa shape index (κ2) is 9.50. The molecule has 0 unspecified atom stereocenters. The van der Waals surface area contributed by atoms with Crippen LogP contribution in [0.25, 0.3) is 11.1 Å². The van der Waals surface area contributed by atoms with Crippen molar-refractivity contribution in [2.75, 3.05) is 26.2 Å². The molecular weight excluding hydrogens is 397 g/mol. The molecule has 1 saturated heterocycles. The molecule has 0 radical (unpaired) electrons. The molecule has 2 fully saturated rings. The van der Waals surface area contributed by atoms with Crippen LogP contribution in [0.15, 0.2) is 48.5 Å². The molecule has 1 aliphatic carbocycles. The lowest BCUT2D eigenvalue weighted by Crippen LogP contribution is -2.46. The molecule has 2 aromatic carbocycles. The molecule has 0 aromatic heterocycles. The van der Waals surface area contributed by atoms with E-state index in [9.17, 15) is 13.2 Å². The Morgan fingerprint density at radius 3 is 1.86 bits per heavy atom. The second-order valence-corrected chi connectivity index (χ2v) is 7.97. The van der Waals surface area contributed by atoms with Gasteiger partial charge in [0.2, 0.25) is 0 Å². The molecule has 0 bridgehead atoms. The van der Waals surface area contributed by atoms with Crippen molar-refractivity contribution in [1.82, 2.24) is 10.2 Å². The van der Waals surface area contributed by atoms with Gasteiger partial charge in [0.05, 0.1) is 5.56 Å². The molecule has 2 nitrogen and oxygen atoms in total. The Balaban J connectivity index is 0.00000240. The summed E-state index contributed by atoms with van der Waals surface area (Å²) in [5.41, 5.74) is 2.51. The van der Waals surface area contributed by atoms with Gasteiger partial charge in [-0.05, 0) is 47.6 Å². The topological polar surface area (TPSA) is 15.3 Å². The number of piperazine rings is 1. The average Bonchev–Trinajstić information content (AvgIpc) is 3.23. The molecule has 1 saturated carbocycles. The first-order chi connectivity index (χ1) is 13.5. The minimum absolute atomic E-state index is 0. The Labute approximate surface area is 176 Å². The third-order valence-electron chi connectivity index (χ3n) is 6.19. The van der Waals surface area contributed by atoms with Gasteiger partial charge in [-0.2, -0.15) is 13.2 Å². The first-order valence-corrected chi connectivity index (χ1v) is 10.2. The summed E-state index contributed by atoms with van der Waals surface area (Å²) >= 11 is 0. The van der Waals surface area contributed by atoms with E-state index in [-0.39, 0.29) is 12.4 Å². The summed E-state index contributed by atoms with van der Waals surface area (Å²) in [6.45, 7) is 4.21. The van der Waals surface area contributed by atoms with Crippen LogP contribution in [0.1, 0.15) is 42.9 Å². The minimum Gasteiger partial charge on any atom is -0.314 e. The van der Waals surface area contributed by atoms with Gasteiger partial charge in [-0.25, -0.2) is 0 Å². The first-order valence-electron chi connectivity index (χ1n) is 10.2. The van der Waals surface area contributed by atoms with Crippen LogP contribution in [0.2, 0.25) is 0 Å². The average molecular weight is 425 g/mol. The van der Waals surface area contributed by atoms with Gasteiger partial charge in [0.25, 0.3) is 0 Å². The molecule has 6 heteroatoms. The lowest BCUT2D eigenvalue weighted by atomic mass is 9.89. The molecule has 1 atom stereocenters. The monoisotopic (exact) mass is 424 g/mol. The number of halogens is 4. The summed E-state index contributed by atoms with van der Waals surface area (Å²) in [7, 11) is 0. The smallest absolute Gasteiger partial charge is 0.314 e. The van der Waals surface area contributed by atoms with Crippen molar-refractivity contribution in [3.05, 3.63) is 59.7 Å². The van der Waals surface area contributed by atoms with E-state index < -0.39 is 11.7 Å². The Hall–Kier alpha value is -1.56. The first kappa shape index (κ1) is 22.1. The molecule has 29 heavy (non-hydrogen) atoms. The van der Waals surface area contributed by atoms with Crippen molar-refractivity contribution in [2.45, 2.75) is 37.9 Å². The molecule has 0 spiro atoms. The summed E-state index contributed by atoms with van der Waals surface area (Å²) in [4.78, 5) is 2.61. The van der Waals surface area contributed by atoms with Crippen LogP contribution < -0.4 is 5.32 Å². The largest absolute Gasteiger partial charge is 0.416 e. The number of rotatable bonds is 4. The van der Waals surface area contributed by atoms with E-state index in [1.807, 2.05) is 0 Å². The maximum atomic E-state index is 12.8. The highest BCUT2D eigenvalue weighted by Gasteiger charge is 2.32. The van der Waals surface area contributed by atoms with Gasteiger partial charge >= 0.3 is 6.18 Å². The highest BCUT2D eigenvalue weighted by atomic mass is 35.5. The van der Waals surface area contributed by atoms with Crippen LogP contribution in [0.5, 0.6) is 0 Å². The van der Waals surface area contributed by atoms with Crippen LogP contribution in [-0.2, 0) is 6.18 Å². The number of nitrogens with one attached hydrogen (secondary N) is 1. The van der Waals surface area contributed by atoms with E-state index >= 15 is 0 Å². The summed E-state index contributed by atoms with van der Waals surface area (Å²) in [5.74, 6) is 0.704. The zero-order valence-electron chi connectivity index (χ0n) is 16.4. The zero-order chi connectivity index (χ0) is 19.6. The molecule has 158 valence electrons. The van der Waals surface area contributed by atoms with Crippen LogP contribution in [-0.4, -0.2) is 31.1 Å². The van der Waals surface area contributed by atoms with E-state index in [2.05, 4.69) is 34.5 Å². The maximum Gasteiger partial charge on any atom is 0.416 e. The third kappa shape index (κ3) is 5.14. The van der Waals surface area contributed by atoms with Gasteiger partial charge < -0.3 is 5.32 Å². The quantitative estimate of drug-likeness (QED) is 0.654. The number of hydrogen-bond acceptors (Lipinski definition) is 2. The Morgan fingerprint density at radius 1 is 0.828 bits per heavy atom. The summed E-state index contributed by atoms with van der Waals surface area (Å²) < 4.78 is 38.3. The fraction of sp³-hybridized carbons (Fsp3) is 0.478. The van der Waals surface area contributed by atoms with Crippen LogP contribution in [0.3, 0.4) is 0 Å². The predicted molar refractivity (Wildman–Crippen MR) is 113 cm³/mol. The number of alkyl halides is 3. The fourth-order valence-electron chi connectivity index (χ4n) is 4.74. The molecule has 1 aliphatic heterocycles. The standard InChI is InChI=1S/C23H27F3N2.ClH/c24-23(25,26)21-11-9-18(10-12-21)17-5-7-20(8-6-17)22(19-3-1-2-4-19)28-15-13-27-14-16-28;/h5-12,19,22,27H,1-4,13-16H2;1H/t22-;/m0./s1. The number of benzene rings is 2. The maximum absolute atomic E-state index is 12.8. The van der Waals surface area contributed by atoms with Crippen molar-refractivity contribution in [3.8, 4) is 11.1 Å². The number of nitrogens with zero attached hydrogens (tertiary/aromatic N) is 1.